The molecule has 3 nitrogen and oxygen atoms in total. The van der Waals surface area contributed by atoms with E-state index >= 15 is 0 Å². The Labute approximate surface area is 101 Å². The van der Waals surface area contributed by atoms with Crippen molar-refractivity contribution in [3.63, 3.8) is 0 Å². The third-order valence-electron chi connectivity index (χ3n) is 2.62. The van der Waals surface area contributed by atoms with E-state index in [0.29, 0.717) is 16.3 Å². The minimum Gasteiger partial charge on any atom is -0.494 e. The maximum Gasteiger partial charge on any atom is 0.183 e. The summed E-state index contributed by atoms with van der Waals surface area (Å²) in [6.45, 7) is 5.42. The Morgan fingerprint density at radius 1 is 1.50 bits per heavy atom. The number of carbonyl (C=O) groups excluding carboxylic acids is 1. The molecule has 88 valence electrons. The Balaban J connectivity index is 3.51. The zero-order valence-electron chi connectivity index (χ0n) is 9.93. The molecule has 0 aromatic heterocycles. The van der Waals surface area contributed by atoms with E-state index in [4.69, 9.17) is 22.1 Å². The molecule has 0 saturated carbocycles. The van der Waals surface area contributed by atoms with Crippen molar-refractivity contribution in [2.24, 2.45) is 5.73 Å². The van der Waals surface area contributed by atoms with Gasteiger partial charge in [0.05, 0.1) is 23.7 Å². The molecular weight excluding hydrogens is 226 g/mol. The first-order valence-electron chi connectivity index (χ1n) is 5.03. The zero-order chi connectivity index (χ0) is 12.5. The molecule has 4 heteroatoms. The maximum atomic E-state index is 12.0. The summed E-state index contributed by atoms with van der Waals surface area (Å²) >= 11 is 6.04. The topological polar surface area (TPSA) is 52.3 Å². The van der Waals surface area contributed by atoms with Crippen molar-refractivity contribution >= 4 is 17.4 Å². The highest BCUT2D eigenvalue weighted by molar-refractivity contribution is 6.33. The number of hydrogen-bond acceptors (Lipinski definition) is 3. The normalized spacial score (nSPS) is 12.4. The Kier molecular flexibility index (Phi) is 3.94. The number of ether oxygens (including phenoxy) is 1. The van der Waals surface area contributed by atoms with Crippen molar-refractivity contribution in [3.05, 3.63) is 27.8 Å². The molecule has 1 atom stereocenters. The van der Waals surface area contributed by atoms with E-state index in [0.717, 1.165) is 11.1 Å². The molecule has 0 aliphatic carbocycles. The fraction of sp³-hybridized carbons (Fsp3) is 0.417. The lowest BCUT2D eigenvalue weighted by molar-refractivity contribution is 0.0964. The molecule has 16 heavy (non-hydrogen) atoms. The molecule has 0 aliphatic rings. The van der Waals surface area contributed by atoms with Crippen LogP contribution in [0.15, 0.2) is 6.07 Å². The number of methoxy groups -OCH3 is 1. The molecule has 1 aromatic carbocycles. The summed E-state index contributed by atoms with van der Waals surface area (Å²) in [5.74, 6) is 0.256. The summed E-state index contributed by atoms with van der Waals surface area (Å²) in [7, 11) is 1.49. The molecule has 0 radical (unpaired) electrons. The second kappa shape index (κ2) is 4.85. The number of Topliss-reactive ketones (excluding diaryl/α,β-unsaturated/α-hetero) is 1. The van der Waals surface area contributed by atoms with E-state index in [1.54, 1.807) is 13.0 Å². The number of aryl methyl sites for hydroxylation is 1. The van der Waals surface area contributed by atoms with Gasteiger partial charge in [0.2, 0.25) is 0 Å². The van der Waals surface area contributed by atoms with Crippen LogP contribution in [0.2, 0.25) is 5.02 Å². The van der Waals surface area contributed by atoms with Crippen LogP contribution in [0.1, 0.15) is 28.4 Å². The number of hydrogen-bond donors (Lipinski definition) is 1. The van der Waals surface area contributed by atoms with Crippen LogP contribution in [0, 0.1) is 13.8 Å². The number of halogens is 1. The molecule has 0 bridgehead atoms. The Morgan fingerprint density at radius 2 is 2.06 bits per heavy atom. The smallest absolute Gasteiger partial charge is 0.183 e. The third-order valence-corrected chi connectivity index (χ3v) is 2.90. The summed E-state index contributed by atoms with van der Waals surface area (Å²) in [5, 5.41) is 0.439. The van der Waals surface area contributed by atoms with Crippen LogP contribution in [-0.4, -0.2) is 18.9 Å². The highest BCUT2D eigenvalue weighted by Gasteiger charge is 2.22. The monoisotopic (exact) mass is 241 g/mol. The molecule has 0 heterocycles. The molecule has 0 fully saturated rings. The largest absolute Gasteiger partial charge is 0.494 e. The van der Waals surface area contributed by atoms with E-state index in [1.807, 2.05) is 13.8 Å². The van der Waals surface area contributed by atoms with Gasteiger partial charge in [-0.2, -0.15) is 0 Å². The molecule has 1 unspecified atom stereocenters. The van der Waals surface area contributed by atoms with Gasteiger partial charge >= 0.3 is 0 Å². The first-order valence-corrected chi connectivity index (χ1v) is 5.41. The van der Waals surface area contributed by atoms with Crippen molar-refractivity contribution in [1.82, 2.24) is 0 Å². The number of benzene rings is 1. The quantitative estimate of drug-likeness (QED) is 0.828. The van der Waals surface area contributed by atoms with Gasteiger partial charge in [-0.15, -0.1) is 0 Å². The summed E-state index contributed by atoms with van der Waals surface area (Å²) in [6, 6.07) is 1.22. The standard InChI is InChI=1S/C12H16ClNO2/c1-6-5-9(13)12(16-4)10(7(6)2)11(15)8(3)14/h5,8H,14H2,1-4H3. The van der Waals surface area contributed by atoms with Crippen LogP contribution >= 0.6 is 11.6 Å². The summed E-state index contributed by atoms with van der Waals surface area (Å²) in [6.07, 6.45) is 0. The Bertz CT molecular complexity index is 428. The number of rotatable bonds is 3. The first kappa shape index (κ1) is 13.0. The van der Waals surface area contributed by atoms with Crippen LogP contribution in [0.4, 0.5) is 0 Å². The highest BCUT2D eigenvalue weighted by Crippen LogP contribution is 2.33. The average molecular weight is 242 g/mol. The SMILES string of the molecule is COc1c(Cl)cc(C)c(C)c1C(=O)C(C)N. The summed E-state index contributed by atoms with van der Waals surface area (Å²) in [4.78, 5) is 12.0. The van der Waals surface area contributed by atoms with Crippen molar-refractivity contribution in [3.8, 4) is 5.75 Å². The van der Waals surface area contributed by atoms with Gasteiger partial charge in [0.25, 0.3) is 0 Å². The lowest BCUT2D eigenvalue weighted by Gasteiger charge is -2.16. The highest BCUT2D eigenvalue weighted by atomic mass is 35.5. The minimum absolute atomic E-state index is 0.153. The van der Waals surface area contributed by atoms with Gasteiger partial charge in [-0.1, -0.05) is 11.6 Å². The summed E-state index contributed by atoms with van der Waals surface area (Å²) < 4.78 is 5.17. The van der Waals surface area contributed by atoms with E-state index in [-0.39, 0.29) is 5.78 Å². The lowest BCUT2D eigenvalue weighted by Crippen LogP contribution is -2.28. The van der Waals surface area contributed by atoms with Gasteiger partial charge in [0.15, 0.2) is 5.78 Å². The zero-order valence-corrected chi connectivity index (χ0v) is 10.7. The maximum absolute atomic E-state index is 12.0. The third kappa shape index (κ3) is 2.20. The summed E-state index contributed by atoms with van der Waals surface area (Å²) in [5.41, 5.74) is 7.92. The fourth-order valence-electron chi connectivity index (χ4n) is 1.57. The van der Waals surface area contributed by atoms with Gasteiger partial charge in [-0.25, -0.2) is 0 Å². The molecule has 1 aromatic rings. The van der Waals surface area contributed by atoms with Gasteiger partial charge in [-0.05, 0) is 38.0 Å². The first-order chi connectivity index (χ1) is 7.40. The van der Waals surface area contributed by atoms with E-state index in [1.165, 1.54) is 7.11 Å². The average Bonchev–Trinajstić information content (AvgIpc) is 2.21. The molecule has 0 spiro atoms. The lowest BCUT2D eigenvalue weighted by atomic mass is 9.96. The molecule has 0 saturated heterocycles. The molecular formula is C12H16ClNO2. The predicted molar refractivity (Wildman–Crippen MR) is 65.5 cm³/mol. The molecule has 2 N–H and O–H groups in total. The second-order valence-corrected chi connectivity index (χ2v) is 4.27. The van der Waals surface area contributed by atoms with Crippen LogP contribution in [0.25, 0.3) is 0 Å². The molecule has 0 aliphatic heterocycles. The van der Waals surface area contributed by atoms with Crippen molar-refractivity contribution < 1.29 is 9.53 Å². The second-order valence-electron chi connectivity index (χ2n) is 3.86. The predicted octanol–water partition coefficient (Wildman–Crippen LogP) is 2.50. The van der Waals surface area contributed by atoms with E-state index in [2.05, 4.69) is 0 Å². The van der Waals surface area contributed by atoms with Crippen molar-refractivity contribution in [2.45, 2.75) is 26.8 Å². The van der Waals surface area contributed by atoms with E-state index < -0.39 is 6.04 Å². The molecule has 0 amide bonds. The van der Waals surface area contributed by atoms with E-state index in [9.17, 15) is 4.79 Å². The van der Waals surface area contributed by atoms with Crippen LogP contribution in [-0.2, 0) is 0 Å². The molecule has 1 rings (SSSR count). The van der Waals surface area contributed by atoms with Crippen LogP contribution in [0.3, 0.4) is 0 Å². The Morgan fingerprint density at radius 3 is 2.50 bits per heavy atom. The van der Waals surface area contributed by atoms with Gasteiger partial charge < -0.3 is 10.5 Å². The van der Waals surface area contributed by atoms with Crippen LogP contribution in [0.5, 0.6) is 5.75 Å². The minimum atomic E-state index is -0.564. The number of ketones is 1. The van der Waals surface area contributed by atoms with Crippen molar-refractivity contribution in [2.75, 3.05) is 7.11 Å². The Hall–Kier alpha value is -1.06. The van der Waals surface area contributed by atoms with Crippen LogP contribution < -0.4 is 10.5 Å². The van der Waals surface area contributed by atoms with Gasteiger partial charge in [-0.3, -0.25) is 4.79 Å². The number of carbonyl (C=O) groups is 1. The fourth-order valence-corrected chi connectivity index (χ4v) is 1.91. The van der Waals surface area contributed by atoms with Crippen molar-refractivity contribution in [1.29, 1.82) is 0 Å². The van der Waals surface area contributed by atoms with Gasteiger partial charge in [0, 0.05) is 0 Å². The van der Waals surface area contributed by atoms with Gasteiger partial charge in [0.1, 0.15) is 5.75 Å². The number of nitrogens with two attached hydrogens (primary N) is 1.